The third-order valence-corrected chi connectivity index (χ3v) is 14.0. The molecule has 0 saturated carbocycles. The molecule has 0 spiro atoms. The molecule has 8 aromatic carbocycles. The third-order valence-electron chi connectivity index (χ3n) is 11.4. The van der Waals surface area contributed by atoms with Gasteiger partial charge in [-0.3, -0.25) is 0 Å². The van der Waals surface area contributed by atoms with Gasteiger partial charge in [-0.15, -0.1) is 5.10 Å². The number of benzene rings is 8. The van der Waals surface area contributed by atoms with Crippen LogP contribution in [0.4, 0.5) is 0 Å². The molecule has 10 aromatic rings. The Labute approximate surface area is 324 Å². The lowest BCUT2D eigenvalue weighted by Gasteiger charge is -2.20. The molecule has 0 bridgehead atoms. The smallest absolute Gasteiger partial charge is 0.182 e. The number of hydrogen-bond acceptors (Lipinski definition) is 3. The van der Waals surface area contributed by atoms with Crippen molar-refractivity contribution in [3.05, 3.63) is 188 Å². The summed E-state index contributed by atoms with van der Waals surface area (Å²) in [6.45, 7) is 1.91. The molecule has 0 radical (unpaired) electrons. The number of fused-ring (bicyclic) bond motifs is 6. The summed E-state index contributed by atoms with van der Waals surface area (Å²) in [6.07, 6.45) is 2.07. The second-order valence-electron chi connectivity index (χ2n) is 14.6. The lowest BCUT2D eigenvalue weighted by atomic mass is 9.84. The Morgan fingerprint density at radius 3 is 1.64 bits per heavy atom. The van der Waals surface area contributed by atoms with Gasteiger partial charge in [-0.05, 0) is 73.2 Å². The highest BCUT2D eigenvalue weighted by Gasteiger charge is 2.36. The average Bonchev–Trinajstić information content (AvgIpc) is 3.79. The van der Waals surface area contributed by atoms with Crippen LogP contribution in [-0.4, -0.2) is 21.3 Å². The summed E-state index contributed by atoms with van der Waals surface area (Å²) < 4.78 is 16.3. The highest BCUT2D eigenvalue weighted by atomic mass is 31.2. The monoisotopic (exact) mass is 735 g/mol. The molecule has 11 rings (SSSR count). The summed E-state index contributed by atoms with van der Waals surface area (Å²) >= 11 is 0. The van der Waals surface area contributed by atoms with Crippen LogP contribution in [0.5, 0.6) is 0 Å². The number of pyridine rings is 1. The first-order chi connectivity index (χ1) is 27.5. The molecule has 5 heteroatoms. The predicted octanol–water partition coefficient (Wildman–Crippen LogP) is 12.3. The Kier molecular flexibility index (Phi) is 7.32. The minimum absolute atomic E-state index is 0.676. The van der Waals surface area contributed by atoms with Gasteiger partial charge in [0.15, 0.2) is 11.5 Å². The molecule has 1 atom stereocenters. The van der Waals surface area contributed by atoms with E-state index in [2.05, 4.69) is 164 Å². The molecule has 0 N–H and O–H groups in total. The first-order valence-corrected chi connectivity index (χ1v) is 21.1. The zero-order valence-corrected chi connectivity index (χ0v) is 31.5. The van der Waals surface area contributed by atoms with Gasteiger partial charge in [0.2, 0.25) is 0 Å². The van der Waals surface area contributed by atoms with Crippen molar-refractivity contribution in [3.8, 4) is 67.0 Å². The fourth-order valence-electron chi connectivity index (χ4n) is 8.82. The Morgan fingerprint density at radius 2 is 0.964 bits per heavy atom. The van der Waals surface area contributed by atoms with Gasteiger partial charge in [0.25, 0.3) is 0 Å². The van der Waals surface area contributed by atoms with E-state index in [1.54, 1.807) is 0 Å². The molecule has 0 aliphatic carbocycles. The Morgan fingerprint density at radius 1 is 0.429 bits per heavy atom. The van der Waals surface area contributed by atoms with Crippen LogP contribution in [0, 0.1) is 0 Å². The molecule has 0 fully saturated rings. The van der Waals surface area contributed by atoms with Gasteiger partial charge in [0.1, 0.15) is 7.14 Å². The highest BCUT2D eigenvalue weighted by Crippen LogP contribution is 2.54. The van der Waals surface area contributed by atoms with E-state index < -0.39 is 7.14 Å². The average molecular weight is 736 g/mol. The lowest BCUT2D eigenvalue weighted by molar-refractivity contribution is 0.591. The van der Waals surface area contributed by atoms with Crippen molar-refractivity contribution in [2.75, 3.05) is 6.66 Å². The maximum Gasteiger partial charge on any atom is 0.182 e. The topological polar surface area (TPSA) is 47.3 Å². The van der Waals surface area contributed by atoms with Crippen molar-refractivity contribution in [3.63, 3.8) is 0 Å². The number of rotatable bonds is 5. The van der Waals surface area contributed by atoms with Crippen LogP contribution >= 0.6 is 7.14 Å². The van der Waals surface area contributed by atoms with E-state index in [9.17, 15) is 4.57 Å². The van der Waals surface area contributed by atoms with E-state index in [0.29, 0.717) is 5.82 Å². The van der Waals surface area contributed by atoms with Crippen LogP contribution < -0.4 is 10.6 Å². The summed E-state index contributed by atoms with van der Waals surface area (Å²) in [5.41, 5.74) is 12.9. The van der Waals surface area contributed by atoms with Crippen molar-refractivity contribution in [2.24, 2.45) is 0 Å². The standard InChI is InChI=1S/C51H34N3OP/c1-56(55)45-25-13-12-23-42(45)49-43(24-14-26-46(49)56)48-40-21-10-8-19-38(40)47(39-20-9-11-22-41(39)48)35-27-29-36(30-28-35)50-52-51-44(34-17-6-3-7-18-34)31-37(32-54(51)53-50)33-15-4-2-5-16-33/h2-32H,1H3. The molecule has 264 valence electrons. The fourth-order valence-corrected chi connectivity index (χ4v) is 11.1. The van der Waals surface area contributed by atoms with E-state index in [-0.39, 0.29) is 0 Å². The first-order valence-electron chi connectivity index (χ1n) is 18.9. The molecular weight excluding hydrogens is 702 g/mol. The van der Waals surface area contributed by atoms with Crippen LogP contribution in [0.1, 0.15) is 0 Å². The van der Waals surface area contributed by atoms with Crippen molar-refractivity contribution in [1.82, 2.24) is 14.6 Å². The minimum Gasteiger partial charge on any atom is -0.314 e. The van der Waals surface area contributed by atoms with Crippen molar-refractivity contribution in [1.29, 1.82) is 0 Å². The summed E-state index contributed by atoms with van der Waals surface area (Å²) in [6, 6.07) is 63.7. The summed E-state index contributed by atoms with van der Waals surface area (Å²) in [5, 5.41) is 11.6. The van der Waals surface area contributed by atoms with Gasteiger partial charge in [0, 0.05) is 39.1 Å². The zero-order chi connectivity index (χ0) is 37.4. The van der Waals surface area contributed by atoms with Gasteiger partial charge in [-0.25, -0.2) is 9.50 Å². The van der Waals surface area contributed by atoms with Gasteiger partial charge in [0.05, 0.1) is 0 Å². The van der Waals surface area contributed by atoms with E-state index in [4.69, 9.17) is 10.1 Å². The SMILES string of the molecule is CP1(=O)c2ccccc2-c2c(-c3c4ccccc4c(-c4ccc(-c5nc6c(-c7ccccc7)cc(-c7ccccc7)cn6n5)cc4)c4ccccc34)cccc21. The van der Waals surface area contributed by atoms with Gasteiger partial charge in [-0.2, -0.15) is 0 Å². The summed E-state index contributed by atoms with van der Waals surface area (Å²) in [4.78, 5) is 5.13. The Balaban J connectivity index is 1.07. The molecule has 4 nitrogen and oxygen atoms in total. The number of nitrogens with zero attached hydrogens (tertiary/aromatic N) is 3. The highest BCUT2D eigenvalue weighted by molar-refractivity contribution is 7.79. The van der Waals surface area contributed by atoms with Gasteiger partial charge < -0.3 is 4.57 Å². The molecule has 3 heterocycles. The van der Waals surface area contributed by atoms with Crippen LogP contribution in [0.2, 0.25) is 0 Å². The fraction of sp³-hybridized carbons (Fsp3) is 0.0196. The second kappa shape index (κ2) is 12.6. The lowest BCUT2D eigenvalue weighted by Crippen LogP contribution is -2.08. The molecule has 2 aromatic heterocycles. The number of aromatic nitrogens is 3. The quantitative estimate of drug-likeness (QED) is 0.131. The molecular formula is C51H34N3OP. The van der Waals surface area contributed by atoms with Gasteiger partial charge >= 0.3 is 0 Å². The molecule has 1 aliphatic heterocycles. The number of hydrogen-bond donors (Lipinski definition) is 0. The summed E-state index contributed by atoms with van der Waals surface area (Å²) in [5.74, 6) is 0.676. The molecule has 1 unspecified atom stereocenters. The minimum atomic E-state index is -2.74. The van der Waals surface area contributed by atoms with Crippen LogP contribution in [0.3, 0.4) is 0 Å². The maximum absolute atomic E-state index is 14.3. The summed E-state index contributed by atoms with van der Waals surface area (Å²) in [7, 11) is -2.74. The molecule has 56 heavy (non-hydrogen) atoms. The Hall–Kier alpha value is -6.87. The maximum atomic E-state index is 14.3. The third kappa shape index (κ3) is 4.96. The molecule has 0 saturated heterocycles. The van der Waals surface area contributed by atoms with E-state index in [1.807, 2.05) is 35.4 Å². The van der Waals surface area contributed by atoms with E-state index in [1.165, 1.54) is 32.7 Å². The largest absolute Gasteiger partial charge is 0.314 e. The van der Waals surface area contributed by atoms with Crippen molar-refractivity contribution >= 4 is 44.9 Å². The Bertz CT molecular complexity index is 3170. The van der Waals surface area contributed by atoms with Gasteiger partial charge in [-0.1, -0.05) is 176 Å². The molecule has 0 amide bonds. The van der Waals surface area contributed by atoms with E-state index in [0.717, 1.165) is 66.3 Å². The molecule has 1 aliphatic rings. The zero-order valence-electron chi connectivity index (χ0n) is 30.6. The van der Waals surface area contributed by atoms with Crippen molar-refractivity contribution < 1.29 is 4.57 Å². The van der Waals surface area contributed by atoms with Crippen LogP contribution in [-0.2, 0) is 4.57 Å². The van der Waals surface area contributed by atoms with E-state index >= 15 is 0 Å². The predicted molar refractivity (Wildman–Crippen MR) is 233 cm³/mol. The first kappa shape index (κ1) is 32.6. The van der Waals surface area contributed by atoms with Crippen LogP contribution in [0.25, 0.3) is 94.2 Å². The second-order valence-corrected chi connectivity index (χ2v) is 17.4. The normalized spacial score (nSPS) is 14.7. The van der Waals surface area contributed by atoms with Crippen molar-refractivity contribution in [2.45, 2.75) is 0 Å². The van der Waals surface area contributed by atoms with Crippen LogP contribution in [0.15, 0.2) is 188 Å².